The number of rotatable bonds is 13. The van der Waals surface area contributed by atoms with E-state index in [1.165, 1.54) is 6.42 Å². The van der Waals surface area contributed by atoms with Gasteiger partial charge in [0, 0.05) is 6.04 Å². The molecule has 0 fully saturated rings. The molecule has 5 nitrogen and oxygen atoms in total. The van der Waals surface area contributed by atoms with E-state index >= 15 is 0 Å². The van der Waals surface area contributed by atoms with Crippen LogP contribution in [0.2, 0.25) is 0 Å². The first-order chi connectivity index (χ1) is 12.6. The fraction of sp³-hybridized carbons (Fsp3) is 0.600. The van der Waals surface area contributed by atoms with Gasteiger partial charge in [0.05, 0.1) is 0 Å². The molecule has 0 saturated heterocycles. The Bertz CT molecular complexity index is 525. The molecule has 0 aliphatic rings. The van der Waals surface area contributed by atoms with Crippen LogP contribution < -0.4 is 15.4 Å². The zero-order valence-corrected chi connectivity index (χ0v) is 16.9. The molecule has 0 bridgehead atoms. The molecule has 0 aliphatic heterocycles. The molecule has 0 aliphatic carbocycles. The van der Waals surface area contributed by atoms with Crippen molar-refractivity contribution in [3.05, 3.63) is 30.3 Å². The van der Waals surface area contributed by atoms with Crippen molar-refractivity contribution in [1.82, 2.24) is 10.6 Å². The molecule has 1 rings (SSSR count). The summed E-state index contributed by atoms with van der Waals surface area (Å²) < 4.78 is 5.45. The number of hydrogen-bond donors (Lipinski definition) is 2. The highest BCUT2D eigenvalue weighted by Crippen LogP contribution is 2.08. The maximum absolute atomic E-state index is 12.5. The molecular formula is C20H32N2O3S. The van der Waals surface area contributed by atoms with Crippen LogP contribution in [0, 0.1) is 0 Å². The Balaban J connectivity index is 2.47. The fourth-order valence-electron chi connectivity index (χ4n) is 2.52. The minimum atomic E-state index is -0.525. The standard InChI is InChI=1S/C20H32N2O3S/c1-4-5-7-10-16(2)21-20(24)18(13-14-26-3)22-19(23)15-25-17-11-8-6-9-12-17/h6,8-9,11-12,16,18H,4-5,7,10,13-15H2,1-3H3,(H,21,24)(H,22,23). The zero-order valence-electron chi connectivity index (χ0n) is 16.1. The van der Waals surface area contributed by atoms with E-state index in [0.29, 0.717) is 12.2 Å². The normalized spacial score (nSPS) is 12.9. The molecule has 2 N–H and O–H groups in total. The summed E-state index contributed by atoms with van der Waals surface area (Å²) in [5.74, 6) is 1.05. The summed E-state index contributed by atoms with van der Waals surface area (Å²) in [4.78, 5) is 24.7. The number of benzene rings is 1. The van der Waals surface area contributed by atoms with E-state index in [1.807, 2.05) is 31.4 Å². The third-order valence-corrected chi connectivity index (χ3v) is 4.65. The third kappa shape index (κ3) is 9.70. The molecule has 2 amide bonds. The Hall–Kier alpha value is -1.69. The smallest absolute Gasteiger partial charge is 0.258 e. The van der Waals surface area contributed by atoms with Crippen LogP contribution in [-0.2, 0) is 9.59 Å². The second-order valence-electron chi connectivity index (χ2n) is 6.41. The quantitative estimate of drug-likeness (QED) is 0.515. The predicted octanol–water partition coefficient (Wildman–Crippen LogP) is 3.39. The van der Waals surface area contributed by atoms with E-state index in [4.69, 9.17) is 4.74 Å². The van der Waals surface area contributed by atoms with E-state index < -0.39 is 6.04 Å². The fourth-order valence-corrected chi connectivity index (χ4v) is 2.99. The maximum Gasteiger partial charge on any atom is 0.258 e. The molecular weight excluding hydrogens is 348 g/mol. The van der Waals surface area contributed by atoms with E-state index in [1.54, 1.807) is 23.9 Å². The van der Waals surface area contributed by atoms with Gasteiger partial charge in [0.2, 0.25) is 5.91 Å². The summed E-state index contributed by atoms with van der Waals surface area (Å²) in [5.41, 5.74) is 0. The van der Waals surface area contributed by atoms with Crippen LogP contribution in [0.3, 0.4) is 0 Å². The lowest BCUT2D eigenvalue weighted by atomic mass is 10.1. The van der Waals surface area contributed by atoms with Gasteiger partial charge in [-0.05, 0) is 43.9 Å². The number of nitrogens with one attached hydrogen (secondary N) is 2. The summed E-state index contributed by atoms with van der Waals surface area (Å²) in [6.07, 6.45) is 6.98. The monoisotopic (exact) mass is 380 g/mol. The Morgan fingerprint density at radius 3 is 2.50 bits per heavy atom. The van der Waals surface area contributed by atoms with E-state index in [2.05, 4.69) is 17.6 Å². The predicted molar refractivity (Wildman–Crippen MR) is 109 cm³/mol. The van der Waals surface area contributed by atoms with Crippen LogP contribution >= 0.6 is 11.8 Å². The van der Waals surface area contributed by atoms with Crippen molar-refractivity contribution >= 4 is 23.6 Å². The second-order valence-corrected chi connectivity index (χ2v) is 7.39. The van der Waals surface area contributed by atoms with Crippen molar-refractivity contribution in [2.75, 3.05) is 18.6 Å². The van der Waals surface area contributed by atoms with Crippen molar-refractivity contribution in [2.24, 2.45) is 0 Å². The van der Waals surface area contributed by atoms with E-state index in [9.17, 15) is 9.59 Å². The number of hydrogen-bond acceptors (Lipinski definition) is 4. The lowest BCUT2D eigenvalue weighted by molar-refractivity contribution is -0.130. The van der Waals surface area contributed by atoms with Gasteiger partial charge >= 0.3 is 0 Å². The Morgan fingerprint density at radius 1 is 1.12 bits per heavy atom. The minimum Gasteiger partial charge on any atom is -0.484 e. The van der Waals surface area contributed by atoms with Gasteiger partial charge in [-0.3, -0.25) is 9.59 Å². The Kier molecular flexibility index (Phi) is 11.6. The van der Waals surface area contributed by atoms with Crippen LogP contribution in [0.1, 0.15) is 46.0 Å². The van der Waals surface area contributed by atoms with Crippen molar-refractivity contribution in [2.45, 2.75) is 58.0 Å². The van der Waals surface area contributed by atoms with Crippen LogP contribution in [-0.4, -0.2) is 42.5 Å². The molecule has 0 aromatic heterocycles. The van der Waals surface area contributed by atoms with Gasteiger partial charge in [-0.2, -0.15) is 11.8 Å². The second kappa shape index (κ2) is 13.5. The van der Waals surface area contributed by atoms with Crippen molar-refractivity contribution in [1.29, 1.82) is 0 Å². The first-order valence-corrected chi connectivity index (χ1v) is 10.7. The highest BCUT2D eigenvalue weighted by Gasteiger charge is 2.21. The van der Waals surface area contributed by atoms with Crippen molar-refractivity contribution in [3.63, 3.8) is 0 Å². The summed E-state index contributed by atoms with van der Waals surface area (Å²) in [5, 5.41) is 5.83. The molecule has 26 heavy (non-hydrogen) atoms. The number of carbonyl (C=O) groups excluding carboxylic acids is 2. The highest BCUT2D eigenvalue weighted by atomic mass is 32.2. The molecule has 0 radical (unpaired) electrons. The zero-order chi connectivity index (χ0) is 19.2. The summed E-state index contributed by atoms with van der Waals surface area (Å²) in [6, 6.07) is 8.76. The molecule has 146 valence electrons. The topological polar surface area (TPSA) is 67.4 Å². The average molecular weight is 381 g/mol. The van der Waals surface area contributed by atoms with Gasteiger partial charge in [-0.15, -0.1) is 0 Å². The van der Waals surface area contributed by atoms with Crippen molar-refractivity contribution in [3.8, 4) is 5.75 Å². The molecule has 0 saturated carbocycles. The van der Waals surface area contributed by atoms with Crippen LogP contribution in [0.5, 0.6) is 5.75 Å². The van der Waals surface area contributed by atoms with E-state index in [0.717, 1.165) is 25.0 Å². The summed E-state index contributed by atoms with van der Waals surface area (Å²) in [7, 11) is 0. The lowest BCUT2D eigenvalue weighted by Gasteiger charge is -2.21. The lowest BCUT2D eigenvalue weighted by Crippen LogP contribution is -2.50. The summed E-state index contributed by atoms with van der Waals surface area (Å²) >= 11 is 1.66. The van der Waals surface area contributed by atoms with E-state index in [-0.39, 0.29) is 24.5 Å². The van der Waals surface area contributed by atoms with Crippen LogP contribution in [0.15, 0.2) is 30.3 Å². The van der Waals surface area contributed by atoms with Gasteiger partial charge < -0.3 is 15.4 Å². The number of amides is 2. The Morgan fingerprint density at radius 2 is 1.85 bits per heavy atom. The molecule has 0 spiro atoms. The van der Waals surface area contributed by atoms with Crippen LogP contribution in [0.25, 0.3) is 0 Å². The highest BCUT2D eigenvalue weighted by molar-refractivity contribution is 7.98. The first kappa shape index (κ1) is 22.4. The maximum atomic E-state index is 12.5. The number of para-hydroxylation sites is 1. The first-order valence-electron chi connectivity index (χ1n) is 9.33. The molecule has 2 atom stereocenters. The number of ether oxygens (including phenoxy) is 1. The molecule has 1 aromatic rings. The van der Waals surface area contributed by atoms with Crippen LogP contribution in [0.4, 0.5) is 0 Å². The molecule has 1 aromatic carbocycles. The number of unbranched alkanes of at least 4 members (excludes halogenated alkanes) is 2. The van der Waals surface area contributed by atoms with Gasteiger partial charge in [-0.25, -0.2) is 0 Å². The van der Waals surface area contributed by atoms with Gasteiger partial charge in [0.15, 0.2) is 6.61 Å². The summed E-state index contributed by atoms with van der Waals surface area (Å²) in [6.45, 7) is 4.08. The molecule has 6 heteroatoms. The molecule has 0 heterocycles. The Labute approximate surface area is 161 Å². The van der Waals surface area contributed by atoms with Gasteiger partial charge in [0.1, 0.15) is 11.8 Å². The third-order valence-electron chi connectivity index (χ3n) is 4.00. The number of thioether (sulfide) groups is 1. The largest absolute Gasteiger partial charge is 0.484 e. The minimum absolute atomic E-state index is 0.0981. The van der Waals surface area contributed by atoms with Crippen molar-refractivity contribution < 1.29 is 14.3 Å². The average Bonchev–Trinajstić information content (AvgIpc) is 2.64. The van der Waals surface area contributed by atoms with Gasteiger partial charge in [0.25, 0.3) is 5.91 Å². The SMILES string of the molecule is CCCCCC(C)NC(=O)C(CCSC)NC(=O)COc1ccccc1. The molecule has 2 unspecified atom stereocenters. The van der Waals surface area contributed by atoms with Gasteiger partial charge in [-0.1, -0.05) is 44.4 Å². The number of carbonyl (C=O) groups is 2.